The van der Waals surface area contributed by atoms with Crippen LogP contribution in [0.2, 0.25) is 0 Å². The number of para-hydroxylation sites is 1. The number of amides is 1. The highest BCUT2D eigenvalue weighted by molar-refractivity contribution is 5.76. The Bertz CT molecular complexity index is 433. The van der Waals surface area contributed by atoms with E-state index in [9.17, 15) is 4.79 Å². The number of ether oxygens (including phenoxy) is 2. The first-order valence-corrected chi connectivity index (χ1v) is 7.40. The molecule has 110 valence electrons. The lowest BCUT2D eigenvalue weighted by Gasteiger charge is -2.18. The first kappa shape index (κ1) is 14.9. The van der Waals surface area contributed by atoms with Gasteiger partial charge in [0.05, 0.1) is 12.6 Å². The van der Waals surface area contributed by atoms with Gasteiger partial charge in [-0.1, -0.05) is 18.2 Å². The maximum absolute atomic E-state index is 12.0. The van der Waals surface area contributed by atoms with E-state index in [2.05, 4.69) is 5.32 Å². The summed E-state index contributed by atoms with van der Waals surface area (Å²) in [6.07, 6.45) is 3.16. The molecule has 0 fully saturated rings. The number of rotatable bonds is 6. The first-order chi connectivity index (χ1) is 9.81. The molecule has 4 heteroatoms. The van der Waals surface area contributed by atoms with Crippen molar-refractivity contribution in [3.63, 3.8) is 0 Å². The lowest BCUT2D eigenvalue weighted by atomic mass is 10.0. The lowest BCUT2D eigenvalue weighted by Crippen LogP contribution is -2.28. The molecule has 1 aromatic carbocycles. The third kappa shape index (κ3) is 4.23. The first-order valence-electron chi connectivity index (χ1n) is 7.40. The van der Waals surface area contributed by atoms with Gasteiger partial charge < -0.3 is 14.8 Å². The molecule has 0 saturated heterocycles. The molecular formula is C16H23NO3. The summed E-state index contributed by atoms with van der Waals surface area (Å²) in [4.78, 5) is 12.0. The van der Waals surface area contributed by atoms with E-state index in [-0.39, 0.29) is 11.9 Å². The van der Waals surface area contributed by atoms with E-state index in [0.717, 1.165) is 30.6 Å². The zero-order valence-electron chi connectivity index (χ0n) is 12.1. The predicted octanol–water partition coefficient (Wildman–Crippen LogP) is 2.83. The third-order valence-electron chi connectivity index (χ3n) is 3.42. The Morgan fingerprint density at radius 2 is 2.30 bits per heavy atom. The molecule has 0 spiro atoms. The molecule has 1 N–H and O–H groups in total. The highest BCUT2D eigenvalue weighted by atomic mass is 16.5. The topological polar surface area (TPSA) is 47.6 Å². The molecular weight excluding hydrogens is 254 g/mol. The molecule has 0 aliphatic carbocycles. The van der Waals surface area contributed by atoms with Crippen LogP contribution < -0.4 is 10.1 Å². The molecule has 1 amide bonds. The van der Waals surface area contributed by atoms with Gasteiger partial charge in [0.2, 0.25) is 5.91 Å². The van der Waals surface area contributed by atoms with E-state index in [4.69, 9.17) is 9.47 Å². The maximum atomic E-state index is 12.0. The van der Waals surface area contributed by atoms with Crippen LogP contribution in [0, 0.1) is 0 Å². The van der Waals surface area contributed by atoms with Crippen LogP contribution in [0.5, 0.6) is 5.75 Å². The molecule has 1 aliphatic heterocycles. The summed E-state index contributed by atoms with van der Waals surface area (Å²) in [7, 11) is 0. The molecule has 20 heavy (non-hydrogen) atoms. The summed E-state index contributed by atoms with van der Waals surface area (Å²) in [6, 6.07) is 8.02. The zero-order chi connectivity index (χ0) is 14.2. The standard InChI is InChI=1S/C16H23NO3/c1-2-19-11-6-10-16(18)17-14-8-5-12-20-15-9-4-3-7-13(14)15/h3-4,7,9,14H,2,5-6,8,10-12H2,1H3,(H,17,18). The number of hydrogen-bond acceptors (Lipinski definition) is 3. The van der Waals surface area contributed by atoms with Gasteiger partial charge in [-0.3, -0.25) is 4.79 Å². The third-order valence-corrected chi connectivity index (χ3v) is 3.42. The minimum atomic E-state index is 0.0632. The molecule has 0 radical (unpaired) electrons. The fraction of sp³-hybridized carbons (Fsp3) is 0.562. The van der Waals surface area contributed by atoms with Crippen molar-refractivity contribution in [3.05, 3.63) is 29.8 Å². The molecule has 1 aliphatic rings. The second-order valence-electron chi connectivity index (χ2n) is 4.95. The van der Waals surface area contributed by atoms with Crippen molar-refractivity contribution in [2.45, 2.75) is 38.6 Å². The van der Waals surface area contributed by atoms with Gasteiger partial charge in [-0.25, -0.2) is 0 Å². The number of hydrogen-bond donors (Lipinski definition) is 1. The second kappa shape index (κ2) is 7.90. The van der Waals surface area contributed by atoms with Crippen molar-refractivity contribution >= 4 is 5.91 Å². The molecule has 0 aromatic heterocycles. The molecule has 4 nitrogen and oxygen atoms in total. The molecule has 1 unspecified atom stereocenters. The van der Waals surface area contributed by atoms with Crippen molar-refractivity contribution < 1.29 is 14.3 Å². The van der Waals surface area contributed by atoms with Crippen LogP contribution in [0.3, 0.4) is 0 Å². The van der Waals surface area contributed by atoms with E-state index in [1.165, 1.54) is 0 Å². The number of carbonyl (C=O) groups is 1. The van der Waals surface area contributed by atoms with E-state index in [0.29, 0.717) is 26.2 Å². The predicted molar refractivity (Wildman–Crippen MR) is 77.8 cm³/mol. The van der Waals surface area contributed by atoms with E-state index in [1.54, 1.807) is 0 Å². The highest BCUT2D eigenvalue weighted by Crippen LogP contribution is 2.31. The Hall–Kier alpha value is -1.55. The van der Waals surface area contributed by atoms with E-state index in [1.807, 2.05) is 31.2 Å². The smallest absolute Gasteiger partial charge is 0.220 e. The van der Waals surface area contributed by atoms with Crippen LogP contribution in [0.15, 0.2) is 24.3 Å². The average Bonchev–Trinajstić information content (AvgIpc) is 2.67. The summed E-state index contributed by atoms with van der Waals surface area (Å²) >= 11 is 0. The van der Waals surface area contributed by atoms with Gasteiger partial charge in [-0.2, -0.15) is 0 Å². The van der Waals surface area contributed by atoms with E-state index >= 15 is 0 Å². The van der Waals surface area contributed by atoms with Crippen molar-refractivity contribution in [1.29, 1.82) is 0 Å². The van der Waals surface area contributed by atoms with Crippen LogP contribution in [0.25, 0.3) is 0 Å². The van der Waals surface area contributed by atoms with Crippen LogP contribution in [-0.4, -0.2) is 25.7 Å². The van der Waals surface area contributed by atoms with Gasteiger partial charge in [0.15, 0.2) is 0 Å². The van der Waals surface area contributed by atoms with Gasteiger partial charge in [0.25, 0.3) is 0 Å². The largest absolute Gasteiger partial charge is 0.493 e. The Balaban J connectivity index is 1.90. The molecule has 0 bridgehead atoms. The maximum Gasteiger partial charge on any atom is 0.220 e. The van der Waals surface area contributed by atoms with Crippen LogP contribution in [-0.2, 0) is 9.53 Å². The number of carbonyl (C=O) groups excluding carboxylic acids is 1. The van der Waals surface area contributed by atoms with Gasteiger partial charge >= 0.3 is 0 Å². The van der Waals surface area contributed by atoms with Crippen molar-refractivity contribution in [2.75, 3.05) is 19.8 Å². The summed E-state index contributed by atoms with van der Waals surface area (Å²) in [5, 5.41) is 3.12. The minimum Gasteiger partial charge on any atom is -0.493 e. The van der Waals surface area contributed by atoms with Gasteiger partial charge in [0, 0.05) is 25.2 Å². The van der Waals surface area contributed by atoms with Gasteiger partial charge in [-0.05, 0) is 32.3 Å². The SMILES string of the molecule is CCOCCCC(=O)NC1CCCOc2ccccc21. The average molecular weight is 277 g/mol. The molecule has 2 rings (SSSR count). The molecule has 0 saturated carbocycles. The number of fused-ring (bicyclic) bond motifs is 1. The van der Waals surface area contributed by atoms with Crippen molar-refractivity contribution in [2.24, 2.45) is 0 Å². The summed E-state index contributed by atoms with van der Waals surface area (Å²) < 4.78 is 11.0. The molecule has 1 aromatic rings. The van der Waals surface area contributed by atoms with Gasteiger partial charge in [0.1, 0.15) is 5.75 Å². The normalized spacial score (nSPS) is 17.8. The fourth-order valence-electron chi connectivity index (χ4n) is 2.42. The minimum absolute atomic E-state index is 0.0632. The van der Waals surface area contributed by atoms with Crippen LogP contribution >= 0.6 is 0 Å². The molecule has 1 atom stereocenters. The zero-order valence-corrected chi connectivity index (χ0v) is 12.1. The quantitative estimate of drug-likeness (QED) is 0.813. The Labute approximate surface area is 120 Å². The van der Waals surface area contributed by atoms with Crippen LogP contribution in [0.4, 0.5) is 0 Å². The van der Waals surface area contributed by atoms with Gasteiger partial charge in [-0.15, -0.1) is 0 Å². The number of nitrogens with one attached hydrogen (secondary N) is 1. The summed E-state index contributed by atoms with van der Waals surface area (Å²) in [6.45, 7) is 4.03. The van der Waals surface area contributed by atoms with Crippen molar-refractivity contribution in [3.8, 4) is 5.75 Å². The monoisotopic (exact) mass is 277 g/mol. The second-order valence-corrected chi connectivity index (χ2v) is 4.95. The van der Waals surface area contributed by atoms with Crippen LogP contribution in [0.1, 0.15) is 44.2 Å². The molecule has 1 heterocycles. The fourth-order valence-corrected chi connectivity index (χ4v) is 2.42. The highest BCUT2D eigenvalue weighted by Gasteiger charge is 2.20. The Kier molecular flexibility index (Phi) is 5.87. The lowest BCUT2D eigenvalue weighted by molar-refractivity contribution is -0.122. The number of benzene rings is 1. The van der Waals surface area contributed by atoms with Crippen molar-refractivity contribution in [1.82, 2.24) is 5.32 Å². The summed E-state index contributed by atoms with van der Waals surface area (Å²) in [5.41, 5.74) is 1.09. The van der Waals surface area contributed by atoms with E-state index < -0.39 is 0 Å². The Morgan fingerprint density at radius 1 is 1.45 bits per heavy atom. The summed E-state index contributed by atoms with van der Waals surface area (Å²) in [5.74, 6) is 0.982. The Morgan fingerprint density at radius 3 is 3.15 bits per heavy atom.